The van der Waals surface area contributed by atoms with Crippen LogP contribution in [-0.2, 0) is 4.74 Å². The third-order valence-electron chi connectivity index (χ3n) is 6.38. The SMILES string of the molecule is Cc1ccc(F)c2[nH]c(-c3cncc(-c4ccnc(C#N)c4)c3N3CC[C@H](NC(=O)OC(C)(C)C)C3)nc12. The molecule has 0 radical (unpaired) electrons. The maximum Gasteiger partial charge on any atom is 0.407 e. The number of carbonyl (C=O) groups excluding carboxylic acids is 1. The van der Waals surface area contributed by atoms with Crippen LogP contribution in [0.1, 0.15) is 38.4 Å². The smallest absolute Gasteiger partial charge is 0.407 e. The van der Waals surface area contributed by atoms with Gasteiger partial charge in [-0.15, -0.1) is 0 Å². The van der Waals surface area contributed by atoms with Crippen molar-refractivity contribution >= 4 is 22.8 Å². The minimum atomic E-state index is -0.595. The Balaban J connectivity index is 1.59. The van der Waals surface area contributed by atoms with E-state index in [1.165, 1.54) is 6.07 Å². The first-order chi connectivity index (χ1) is 18.1. The lowest BCUT2D eigenvalue weighted by atomic mass is 10.0. The van der Waals surface area contributed by atoms with Gasteiger partial charge in [-0.2, -0.15) is 5.26 Å². The highest BCUT2D eigenvalue weighted by atomic mass is 19.1. The number of H-pyrrole nitrogens is 1. The molecule has 4 aromatic rings. The molecule has 1 saturated heterocycles. The van der Waals surface area contributed by atoms with Crippen molar-refractivity contribution in [2.24, 2.45) is 0 Å². The standard InChI is InChI=1S/C28H28FN7O2/c1-16-5-6-22(29)24-23(16)34-26(35-24)21-14-31-13-20(17-7-9-32-19(11-17)12-30)25(21)36-10-8-18(15-36)33-27(37)38-28(2,3)4/h5-7,9,11,13-14,18H,8,10,15H2,1-4H3,(H,33,37)(H,34,35)/t18-/m0/s1. The molecule has 1 aliphatic heterocycles. The Kier molecular flexibility index (Phi) is 6.45. The molecule has 0 unspecified atom stereocenters. The number of fused-ring (bicyclic) bond motifs is 1. The fourth-order valence-corrected chi connectivity index (χ4v) is 4.71. The summed E-state index contributed by atoms with van der Waals surface area (Å²) >= 11 is 0. The molecule has 3 aromatic heterocycles. The summed E-state index contributed by atoms with van der Waals surface area (Å²) in [5, 5.41) is 12.4. The van der Waals surface area contributed by atoms with E-state index in [2.05, 4.69) is 31.2 Å². The predicted octanol–water partition coefficient (Wildman–Crippen LogP) is 5.11. The van der Waals surface area contributed by atoms with Gasteiger partial charge in [0.2, 0.25) is 0 Å². The van der Waals surface area contributed by atoms with E-state index >= 15 is 0 Å². The van der Waals surface area contributed by atoms with Crippen LogP contribution in [0.15, 0.2) is 42.9 Å². The summed E-state index contributed by atoms with van der Waals surface area (Å²) in [5.41, 5.74) is 4.47. The summed E-state index contributed by atoms with van der Waals surface area (Å²) in [6.45, 7) is 8.53. The summed E-state index contributed by atoms with van der Waals surface area (Å²) < 4.78 is 20.1. The van der Waals surface area contributed by atoms with Crippen LogP contribution in [0.2, 0.25) is 0 Å². The van der Waals surface area contributed by atoms with Crippen LogP contribution in [0.4, 0.5) is 14.9 Å². The third-order valence-corrected chi connectivity index (χ3v) is 6.38. The van der Waals surface area contributed by atoms with E-state index in [4.69, 9.17) is 9.72 Å². The average molecular weight is 514 g/mol. The van der Waals surface area contributed by atoms with Gasteiger partial charge in [-0.05, 0) is 63.4 Å². The number of nitrogens with zero attached hydrogens (tertiary/aromatic N) is 5. The molecule has 9 nitrogen and oxygen atoms in total. The Morgan fingerprint density at radius 2 is 2.05 bits per heavy atom. The van der Waals surface area contributed by atoms with Crippen molar-refractivity contribution in [2.45, 2.75) is 45.8 Å². The maximum absolute atomic E-state index is 14.6. The number of halogens is 1. The topological polar surface area (TPSA) is 120 Å². The zero-order chi connectivity index (χ0) is 27.0. The molecule has 194 valence electrons. The Morgan fingerprint density at radius 3 is 2.79 bits per heavy atom. The van der Waals surface area contributed by atoms with Crippen molar-refractivity contribution in [3.63, 3.8) is 0 Å². The number of hydrogen-bond donors (Lipinski definition) is 2. The second-order valence-electron chi connectivity index (χ2n) is 10.4. The lowest BCUT2D eigenvalue weighted by Gasteiger charge is -2.25. The van der Waals surface area contributed by atoms with E-state index < -0.39 is 11.7 Å². The number of hydrogen-bond acceptors (Lipinski definition) is 7. The number of pyridine rings is 2. The van der Waals surface area contributed by atoms with Crippen LogP contribution in [0, 0.1) is 24.1 Å². The Bertz CT molecular complexity index is 1530. The van der Waals surface area contributed by atoms with Crippen molar-refractivity contribution < 1.29 is 13.9 Å². The molecule has 38 heavy (non-hydrogen) atoms. The maximum atomic E-state index is 14.6. The number of carbonyl (C=O) groups is 1. The first-order valence-electron chi connectivity index (χ1n) is 12.4. The summed E-state index contributed by atoms with van der Waals surface area (Å²) in [5.74, 6) is 0.0984. The third kappa shape index (κ3) is 5.00. The molecule has 1 aromatic carbocycles. The number of nitrogens with one attached hydrogen (secondary N) is 2. The van der Waals surface area contributed by atoms with Gasteiger partial charge in [-0.25, -0.2) is 19.2 Å². The molecule has 2 N–H and O–H groups in total. The van der Waals surface area contributed by atoms with Crippen molar-refractivity contribution in [1.29, 1.82) is 5.26 Å². The summed E-state index contributed by atoms with van der Waals surface area (Å²) in [6.07, 6.45) is 5.26. The van der Waals surface area contributed by atoms with E-state index in [1.807, 2.05) is 33.8 Å². The minimum Gasteiger partial charge on any atom is -0.444 e. The van der Waals surface area contributed by atoms with Crippen LogP contribution in [-0.4, -0.2) is 50.8 Å². The number of aromatic nitrogens is 4. The van der Waals surface area contributed by atoms with Gasteiger partial charge in [-0.3, -0.25) is 4.98 Å². The number of aryl methyl sites for hydroxylation is 1. The van der Waals surface area contributed by atoms with E-state index in [0.717, 1.165) is 22.4 Å². The van der Waals surface area contributed by atoms with Crippen LogP contribution in [0.5, 0.6) is 0 Å². The van der Waals surface area contributed by atoms with Crippen LogP contribution >= 0.6 is 0 Å². The first-order valence-corrected chi connectivity index (χ1v) is 12.4. The zero-order valence-corrected chi connectivity index (χ0v) is 21.7. The molecule has 0 bridgehead atoms. The van der Waals surface area contributed by atoms with E-state index in [-0.39, 0.29) is 17.6 Å². The van der Waals surface area contributed by atoms with Crippen molar-refractivity contribution in [1.82, 2.24) is 25.3 Å². The number of aromatic amines is 1. The van der Waals surface area contributed by atoms with Gasteiger partial charge >= 0.3 is 6.09 Å². The number of ether oxygens (including phenoxy) is 1. The average Bonchev–Trinajstić information content (AvgIpc) is 3.53. The van der Waals surface area contributed by atoms with Gasteiger partial charge in [-0.1, -0.05) is 6.07 Å². The summed E-state index contributed by atoms with van der Waals surface area (Å²) in [7, 11) is 0. The fourth-order valence-electron chi connectivity index (χ4n) is 4.71. The largest absolute Gasteiger partial charge is 0.444 e. The van der Waals surface area contributed by atoms with Crippen LogP contribution in [0.3, 0.4) is 0 Å². The predicted molar refractivity (Wildman–Crippen MR) is 142 cm³/mol. The van der Waals surface area contributed by atoms with E-state index in [9.17, 15) is 14.4 Å². The number of benzene rings is 1. The summed E-state index contributed by atoms with van der Waals surface area (Å²) in [4.78, 5) is 31.0. The number of alkyl carbamates (subject to hydrolysis) is 1. The van der Waals surface area contributed by atoms with Gasteiger partial charge in [0.25, 0.3) is 0 Å². The molecule has 0 spiro atoms. The second-order valence-corrected chi connectivity index (χ2v) is 10.4. The molecular formula is C28H28FN7O2. The molecule has 0 saturated carbocycles. The van der Waals surface area contributed by atoms with Gasteiger partial charge in [0, 0.05) is 37.2 Å². The van der Waals surface area contributed by atoms with Crippen LogP contribution < -0.4 is 10.2 Å². The Morgan fingerprint density at radius 1 is 1.26 bits per heavy atom. The second kappa shape index (κ2) is 9.74. The molecule has 4 heterocycles. The van der Waals surface area contributed by atoms with Gasteiger partial charge < -0.3 is 19.9 Å². The lowest BCUT2D eigenvalue weighted by Crippen LogP contribution is -2.40. The molecule has 5 rings (SSSR count). The van der Waals surface area contributed by atoms with Gasteiger partial charge in [0.15, 0.2) is 0 Å². The molecule has 0 aliphatic carbocycles. The highest BCUT2D eigenvalue weighted by Gasteiger charge is 2.30. The molecule has 1 amide bonds. The van der Waals surface area contributed by atoms with Crippen molar-refractivity contribution in [3.05, 3.63) is 59.9 Å². The zero-order valence-electron chi connectivity index (χ0n) is 21.7. The van der Waals surface area contributed by atoms with E-state index in [0.29, 0.717) is 41.9 Å². The molecule has 1 aliphatic rings. The number of imidazole rings is 1. The highest BCUT2D eigenvalue weighted by Crippen LogP contribution is 2.40. The van der Waals surface area contributed by atoms with Crippen LogP contribution in [0.25, 0.3) is 33.5 Å². The number of nitriles is 1. The normalized spacial score (nSPS) is 15.5. The fraction of sp³-hybridized carbons (Fsp3) is 0.321. The molecule has 1 atom stereocenters. The van der Waals surface area contributed by atoms with Crippen molar-refractivity contribution in [3.8, 4) is 28.6 Å². The molecule has 10 heteroatoms. The summed E-state index contributed by atoms with van der Waals surface area (Å²) in [6, 6.07) is 8.59. The number of rotatable bonds is 4. The monoisotopic (exact) mass is 513 g/mol. The van der Waals surface area contributed by atoms with Crippen molar-refractivity contribution in [2.75, 3.05) is 18.0 Å². The highest BCUT2D eigenvalue weighted by molar-refractivity contribution is 5.92. The number of amides is 1. The molecular weight excluding hydrogens is 485 g/mol. The van der Waals surface area contributed by atoms with Gasteiger partial charge in [0.05, 0.1) is 22.8 Å². The first kappa shape index (κ1) is 25.1. The molecule has 1 fully saturated rings. The Hall–Kier alpha value is -4.52. The van der Waals surface area contributed by atoms with E-state index in [1.54, 1.807) is 30.7 Å². The quantitative estimate of drug-likeness (QED) is 0.389. The van der Waals surface area contributed by atoms with Gasteiger partial charge in [0.1, 0.15) is 34.5 Å². The number of anilines is 1. The minimum absolute atomic E-state index is 0.138. The lowest BCUT2D eigenvalue weighted by molar-refractivity contribution is 0.0509. The Labute approximate surface area is 219 Å².